The Hall–Kier alpha value is -4.22. The van der Waals surface area contributed by atoms with Crippen molar-refractivity contribution >= 4 is 47.0 Å². The fourth-order valence-corrected chi connectivity index (χ4v) is 1.52. The first-order valence-corrected chi connectivity index (χ1v) is 10.8. The third kappa shape index (κ3) is 34.0. The summed E-state index contributed by atoms with van der Waals surface area (Å²) in [4.78, 5) is 83.0. The first-order valence-electron chi connectivity index (χ1n) is 10.8. The van der Waals surface area contributed by atoms with Gasteiger partial charge in [0.25, 0.3) is 0 Å². The highest BCUT2D eigenvalue weighted by atomic mass is 16.5. The lowest BCUT2D eigenvalue weighted by atomic mass is 10.1. The number of allylic oxidation sites excluding steroid dienone is 1. The molecule has 0 saturated carbocycles. The first-order chi connectivity index (χ1) is 17.5. The average Bonchev–Trinajstić information content (AvgIpc) is 2.85. The Balaban J connectivity index is -0.000000203. The Labute approximate surface area is 223 Å². The summed E-state index contributed by atoms with van der Waals surface area (Å²) in [5.41, 5.74) is 0.488. The van der Waals surface area contributed by atoms with Crippen LogP contribution < -0.4 is 0 Å². The van der Waals surface area contributed by atoms with Crippen molar-refractivity contribution in [2.24, 2.45) is 0 Å². The molecule has 0 rings (SSSR count). The molecule has 0 aliphatic carbocycles. The molecule has 0 aromatic carbocycles. The van der Waals surface area contributed by atoms with Crippen LogP contribution in [0.4, 0.5) is 0 Å². The van der Waals surface area contributed by atoms with Crippen LogP contribution in [-0.4, -0.2) is 75.4 Å². The number of ketones is 4. The summed E-state index contributed by atoms with van der Waals surface area (Å²) in [6.07, 6.45) is 2.80. The van der Waals surface area contributed by atoms with E-state index in [0.717, 1.165) is 12.2 Å². The zero-order chi connectivity index (χ0) is 30.8. The standard InChI is InChI=1S/2C7H10O3.C6H10O3.C6H8O3/c1-5(6(2)8)4-7(9)10-3;1-5(4-6(2)8)7(9)10-3;2*1-5(7)3-4-6(8)9-2/h2*1,4H2,2-3H3;3-4H2,1-2H3;3-4H,1-2H3/b;;;4-3-. The van der Waals surface area contributed by atoms with Crippen molar-refractivity contribution in [2.75, 3.05) is 28.4 Å². The van der Waals surface area contributed by atoms with Crippen LogP contribution in [0.15, 0.2) is 36.5 Å². The minimum absolute atomic E-state index is 0.00810. The molecule has 0 saturated heterocycles. The molecule has 0 aliphatic heterocycles. The molecule has 0 radical (unpaired) electrons. The van der Waals surface area contributed by atoms with Gasteiger partial charge in [0.1, 0.15) is 11.6 Å². The van der Waals surface area contributed by atoms with Gasteiger partial charge in [0.2, 0.25) is 0 Å². The largest absolute Gasteiger partial charge is 0.469 e. The van der Waals surface area contributed by atoms with Crippen LogP contribution in [-0.2, 0) is 57.3 Å². The van der Waals surface area contributed by atoms with Crippen LogP contribution in [0, 0.1) is 0 Å². The molecule has 0 unspecified atom stereocenters. The van der Waals surface area contributed by atoms with Crippen molar-refractivity contribution in [1.82, 2.24) is 0 Å². The topological polar surface area (TPSA) is 173 Å². The maximum absolute atomic E-state index is 10.6. The molecule has 0 aromatic heterocycles. The molecule has 0 aromatic rings. The van der Waals surface area contributed by atoms with Crippen molar-refractivity contribution in [3.8, 4) is 0 Å². The summed E-state index contributed by atoms with van der Waals surface area (Å²) >= 11 is 0. The van der Waals surface area contributed by atoms with Crippen molar-refractivity contribution in [3.05, 3.63) is 36.5 Å². The molecule has 38 heavy (non-hydrogen) atoms. The molecule has 214 valence electrons. The SMILES string of the molecule is C=C(CC(=O)OC)C(C)=O.C=C(CC(C)=O)C(=O)OC.COC(=O)/C=C\C(C)=O.COC(=O)CCC(C)=O. The van der Waals surface area contributed by atoms with E-state index in [1.165, 1.54) is 56.1 Å². The predicted octanol–water partition coefficient (Wildman–Crippen LogP) is 2.22. The van der Waals surface area contributed by atoms with Crippen molar-refractivity contribution < 1.29 is 57.3 Å². The fourth-order valence-electron chi connectivity index (χ4n) is 1.52. The quantitative estimate of drug-likeness (QED) is 0.212. The van der Waals surface area contributed by atoms with Crippen LogP contribution in [0.1, 0.15) is 53.4 Å². The van der Waals surface area contributed by atoms with E-state index in [1.807, 2.05) is 0 Å². The van der Waals surface area contributed by atoms with Crippen LogP contribution in [0.25, 0.3) is 0 Å². The second-order valence-electron chi connectivity index (χ2n) is 7.13. The van der Waals surface area contributed by atoms with Gasteiger partial charge >= 0.3 is 23.9 Å². The minimum atomic E-state index is -0.518. The Morgan fingerprint density at radius 1 is 0.579 bits per heavy atom. The van der Waals surface area contributed by atoms with Crippen molar-refractivity contribution in [2.45, 2.75) is 53.4 Å². The number of methoxy groups -OCH3 is 4. The number of hydrogen-bond acceptors (Lipinski definition) is 12. The van der Waals surface area contributed by atoms with Crippen LogP contribution >= 0.6 is 0 Å². The monoisotopic (exact) mass is 542 g/mol. The Morgan fingerprint density at radius 2 is 1.08 bits per heavy atom. The second kappa shape index (κ2) is 25.9. The molecule has 12 heteroatoms. The summed E-state index contributed by atoms with van der Waals surface area (Å²) in [5, 5.41) is 0. The van der Waals surface area contributed by atoms with E-state index in [9.17, 15) is 38.4 Å². The van der Waals surface area contributed by atoms with Gasteiger partial charge in [-0.15, -0.1) is 0 Å². The highest BCUT2D eigenvalue weighted by Crippen LogP contribution is 2.00. The summed E-state index contributed by atoms with van der Waals surface area (Å²) in [5.74, 6) is -2.20. The van der Waals surface area contributed by atoms with Gasteiger partial charge in [-0.05, 0) is 39.3 Å². The molecule has 0 amide bonds. The molecule has 0 N–H and O–H groups in total. The molecule has 0 fully saturated rings. The molecular weight excluding hydrogens is 504 g/mol. The third-order valence-corrected chi connectivity index (χ3v) is 3.58. The van der Waals surface area contributed by atoms with Gasteiger partial charge in [0.05, 0.1) is 41.3 Å². The predicted molar refractivity (Wildman–Crippen MR) is 137 cm³/mol. The number of ether oxygens (including phenoxy) is 4. The van der Waals surface area contributed by atoms with Gasteiger partial charge in [-0.3, -0.25) is 24.0 Å². The lowest BCUT2D eigenvalue weighted by molar-refractivity contribution is -0.142. The number of rotatable bonds is 11. The number of carbonyl (C=O) groups is 8. The van der Waals surface area contributed by atoms with Crippen LogP contribution in [0.2, 0.25) is 0 Å². The Morgan fingerprint density at radius 3 is 1.39 bits per heavy atom. The lowest BCUT2D eigenvalue weighted by Crippen LogP contribution is -2.06. The van der Waals surface area contributed by atoms with Gasteiger partial charge in [-0.2, -0.15) is 0 Å². The van der Waals surface area contributed by atoms with E-state index >= 15 is 0 Å². The van der Waals surface area contributed by atoms with Gasteiger partial charge in [0, 0.05) is 24.5 Å². The van der Waals surface area contributed by atoms with Crippen molar-refractivity contribution in [3.63, 3.8) is 0 Å². The minimum Gasteiger partial charge on any atom is -0.469 e. The summed E-state index contributed by atoms with van der Waals surface area (Å²) in [6, 6.07) is 0. The summed E-state index contributed by atoms with van der Waals surface area (Å²) in [7, 11) is 5.10. The molecule has 0 aliphatic rings. The molecular formula is C26H38O12. The normalized spacial score (nSPS) is 8.84. The lowest BCUT2D eigenvalue weighted by Gasteiger charge is -1.98. The summed E-state index contributed by atoms with van der Waals surface area (Å²) in [6.45, 7) is 12.3. The Kier molecular flexibility index (Phi) is 27.9. The number of esters is 4. The third-order valence-electron chi connectivity index (χ3n) is 3.58. The maximum Gasteiger partial charge on any atom is 0.333 e. The number of Topliss-reactive ketones (excluding diaryl/α,β-unsaturated/α-hetero) is 3. The van der Waals surface area contributed by atoms with Gasteiger partial charge in [-0.1, -0.05) is 13.2 Å². The number of carbonyl (C=O) groups excluding carboxylic acids is 8. The zero-order valence-electron chi connectivity index (χ0n) is 23.3. The van der Waals surface area contributed by atoms with Gasteiger partial charge in [0.15, 0.2) is 11.6 Å². The summed E-state index contributed by atoms with van der Waals surface area (Å²) < 4.78 is 17.2. The van der Waals surface area contributed by atoms with Crippen molar-refractivity contribution in [1.29, 1.82) is 0 Å². The molecule has 0 bridgehead atoms. The molecule has 0 atom stereocenters. The molecule has 12 nitrogen and oxygen atoms in total. The number of hydrogen-bond donors (Lipinski definition) is 0. The smallest absolute Gasteiger partial charge is 0.333 e. The second-order valence-corrected chi connectivity index (χ2v) is 7.13. The van der Waals surface area contributed by atoms with Gasteiger partial charge in [-0.25, -0.2) is 9.59 Å². The van der Waals surface area contributed by atoms with E-state index < -0.39 is 17.9 Å². The maximum atomic E-state index is 10.6. The van der Waals surface area contributed by atoms with E-state index in [0.29, 0.717) is 0 Å². The first kappa shape index (κ1) is 40.9. The Bertz CT molecular complexity index is 894. The van der Waals surface area contributed by atoms with E-state index in [4.69, 9.17) is 0 Å². The van der Waals surface area contributed by atoms with Crippen LogP contribution in [0.5, 0.6) is 0 Å². The fraction of sp³-hybridized carbons (Fsp3) is 0.462. The molecule has 0 spiro atoms. The molecule has 0 heterocycles. The van der Waals surface area contributed by atoms with Crippen LogP contribution in [0.3, 0.4) is 0 Å². The van der Waals surface area contributed by atoms with E-state index in [-0.39, 0.29) is 65.9 Å². The zero-order valence-corrected chi connectivity index (χ0v) is 23.3. The highest BCUT2D eigenvalue weighted by molar-refractivity contribution is 5.97. The van der Waals surface area contributed by atoms with E-state index in [1.54, 1.807) is 0 Å². The van der Waals surface area contributed by atoms with E-state index in [2.05, 4.69) is 32.1 Å². The highest BCUT2D eigenvalue weighted by Gasteiger charge is 2.08. The average molecular weight is 543 g/mol. The van der Waals surface area contributed by atoms with Gasteiger partial charge < -0.3 is 23.7 Å².